The van der Waals surface area contributed by atoms with E-state index in [1.165, 1.54) is 6.42 Å². The lowest BCUT2D eigenvalue weighted by Crippen LogP contribution is -2.48. The molecule has 27 heavy (non-hydrogen) atoms. The number of nitrogens with one attached hydrogen (secondary N) is 2. The molecule has 2 aliphatic rings. The number of nitrogens with zero attached hydrogens (tertiary/aromatic N) is 2. The van der Waals surface area contributed by atoms with E-state index < -0.39 is 10.0 Å². The van der Waals surface area contributed by atoms with Gasteiger partial charge in [-0.05, 0) is 45.4 Å². The van der Waals surface area contributed by atoms with Crippen LogP contribution in [0.1, 0.15) is 46.0 Å². The number of carbonyl (C=O) groups is 1. The number of ether oxygens (including phenoxy) is 1. The van der Waals surface area contributed by atoms with Crippen molar-refractivity contribution in [3.63, 3.8) is 0 Å². The number of rotatable bonds is 9. The zero-order valence-electron chi connectivity index (χ0n) is 16.6. The lowest BCUT2D eigenvalue weighted by molar-refractivity contribution is -0.149. The Bertz CT molecular complexity index is 604. The molecule has 1 heterocycles. The second kappa shape index (κ2) is 10.8. The van der Waals surface area contributed by atoms with Crippen LogP contribution in [0.4, 0.5) is 0 Å². The largest absolute Gasteiger partial charge is 0.466 e. The van der Waals surface area contributed by atoms with E-state index in [0.717, 1.165) is 32.2 Å². The summed E-state index contributed by atoms with van der Waals surface area (Å²) in [5.74, 6) is 0.815. The Morgan fingerprint density at radius 3 is 2.63 bits per heavy atom. The molecule has 2 fully saturated rings. The van der Waals surface area contributed by atoms with Crippen LogP contribution in [0.15, 0.2) is 4.99 Å². The van der Waals surface area contributed by atoms with Crippen LogP contribution in [0.3, 0.4) is 0 Å². The van der Waals surface area contributed by atoms with Gasteiger partial charge in [-0.1, -0.05) is 6.42 Å². The molecule has 0 aromatic rings. The summed E-state index contributed by atoms with van der Waals surface area (Å²) in [5.41, 5.74) is 0. The fourth-order valence-electron chi connectivity index (χ4n) is 3.33. The van der Waals surface area contributed by atoms with Gasteiger partial charge in [-0.25, -0.2) is 13.1 Å². The minimum Gasteiger partial charge on any atom is -0.466 e. The predicted octanol–water partition coefficient (Wildman–Crippen LogP) is 0.947. The molecule has 0 aromatic heterocycles. The summed E-state index contributed by atoms with van der Waals surface area (Å²) in [5, 5.41) is 3.21. The van der Waals surface area contributed by atoms with Crippen molar-refractivity contribution in [2.45, 2.75) is 46.0 Å². The number of guanidine groups is 1. The van der Waals surface area contributed by atoms with Gasteiger partial charge in [-0.2, -0.15) is 0 Å². The molecule has 2 N–H and O–H groups in total. The van der Waals surface area contributed by atoms with E-state index in [4.69, 9.17) is 4.74 Å². The topological polar surface area (TPSA) is 100 Å². The highest BCUT2D eigenvalue weighted by molar-refractivity contribution is 7.89. The Hall–Kier alpha value is -1.35. The highest BCUT2D eigenvalue weighted by atomic mass is 32.2. The lowest BCUT2D eigenvalue weighted by atomic mass is 9.86. The third-order valence-corrected chi connectivity index (χ3v) is 6.44. The Morgan fingerprint density at radius 2 is 2.00 bits per heavy atom. The third-order valence-electron chi connectivity index (χ3n) is 5.11. The summed E-state index contributed by atoms with van der Waals surface area (Å²) in [7, 11) is -3.30. The maximum atomic E-state index is 12.1. The summed E-state index contributed by atoms with van der Waals surface area (Å²) in [6.45, 7) is 6.94. The highest BCUT2D eigenvalue weighted by Crippen LogP contribution is 2.25. The van der Waals surface area contributed by atoms with Crippen molar-refractivity contribution in [2.75, 3.05) is 45.1 Å². The first-order chi connectivity index (χ1) is 12.9. The van der Waals surface area contributed by atoms with E-state index in [1.54, 1.807) is 0 Å². The molecule has 1 aliphatic carbocycles. The molecule has 0 amide bonds. The van der Waals surface area contributed by atoms with Crippen molar-refractivity contribution >= 4 is 22.0 Å². The van der Waals surface area contributed by atoms with Crippen LogP contribution in [0, 0.1) is 11.8 Å². The maximum Gasteiger partial charge on any atom is 0.310 e. The number of aliphatic imine (C=N–C) groups is 1. The SMILES string of the molecule is CCNC(=NCCS(=O)(=O)NCC1CCC1)N1CCCC(C(=O)OCC)C1. The van der Waals surface area contributed by atoms with Crippen LogP contribution in [-0.4, -0.2) is 70.3 Å². The lowest BCUT2D eigenvalue weighted by Gasteiger charge is -2.34. The van der Waals surface area contributed by atoms with Gasteiger partial charge in [-0.3, -0.25) is 9.79 Å². The molecular formula is C18H34N4O4S. The average molecular weight is 403 g/mol. The van der Waals surface area contributed by atoms with Crippen molar-refractivity contribution in [2.24, 2.45) is 16.8 Å². The summed E-state index contributed by atoms with van der Waals surface area (Å²) in [6.07, 6.45) is 5.12. The molecule has 0 radical (unpaired) electrons. The Morgan fingerprint density at radius 1 is 1.22 bits per heavy atom. The number of carbonyl (C=O) groups excluding carboxylic acids is 1. The quantitative estimate of drug-likeness (QED) is 0.338. The van der Waals surface area contributed by atoms with Crippen LogP contribution in [0.5, 0.6) is 0 Å². The second-order valence-corrected chi connectivity index (χ2v) is 9.16. The van der Waals surface area contributed by atoms with Crippen molar-refractivity contribution in [1.82, 2.24) is 14.9 Å². The number of hydrogen-bond acceptors (Lipinski definition) is 5. The van der Waals surface area contributed by atoms with Crippen LogP contribution < -0.4 is 10.0 Å². The number of hydrogen-bond donors (Lipinski definition) is 2. The maximum absolute atomic E-state index is 12.1. The van der Waals surface area contributed by atoms with Crippen LogP contribution in [-0.2, 0) is 19.6 Å². The van der Waals surface area contributed by atoms with E-state index in [-0.39, 0.29) is 24.2 Å². The third kappa shape index (κ3) is 7.29. The van der Waals surface area contributed by atoms with Gasteiger partial charge in [0.1, 0.15) is 0 Å². The Labute approximate surface area is 163 Å². The Kier molecular flexibility index (Phi) is 8.82. The van der Waals surface area contributed by atoms with Gasteiger partial charge in [0.2, 0.25) is 10.0 Å². The smallest absolute Gasteiger partial charge is 0.310 e. The fourth-order valence-corrected chi connectivity index (χ4v) is 4.30. The summed E-state index contributed by atoms with van der Waals surface area (Å²) in [4.78, 5) is 18.5. The van der Waals surface area contributed by atoms with Gasteiger partial charge in [0.05, 0.1) is 24.8 Å². The number of piperidine rings is 1. The van der Waals surface area contributed by atoms with Crippen LogP contribution in [0.2, 0.25) is 0 Å². The standard InChI is InChI=1S/C18H34N4O4S/c1-3-19-18(22-11-6-9-16(14-22)17(23)26-4-2)20-10-12-27(24,25)21-13-15-7-5-8-15/h15-16,21H,3-14H2,1-2H3,(H,19,20). The molecule has 9 heteroatoms. The van der Waals surface area contributed by atoms with Crippen molar-refractivity contribution in [1.29, 1.82) is 0 Å². The number of likely N-dealkylation sites (tertiary alicyclic amines) is 1. The van der Waals surface area contributed by atoms with E-state index in [1.807, 2.05) is 18.7 Å². The highest BCUT2D eigenvalue weighted by Gasteiger charge is 2.28. The molecule has 0 spiro atoms. The van der Waals surface area contributed by atoms with Gasteiger partial charge >= 0.3 is 5.97 Å². The first-order valence-electron chi connectivity index (χ1n) is 10.1. The number of sulfonamides is 1. The van der Waals surface area contributed by atoms with Crippen molar-refractivity contribution in [3.8, 4) is 0 Å². The number of esters is 1. The zero-order chi connectivity index (χ0) is 19.7. The van der Waals surface area contributed by atoms with Gasteiger partial charge < -0.3 is 15.0 Å². The summed E-state index contributed by atoms with van der Waals surface area (Å²) in [6, 6.07) is 0. The fraction of sp³-hybridized carbons (Fsp3) is 0.889. The van der Waals surface area contributed by atoms with Gasteiger partial charge in [-0.15, -0.1) is 0 Å². The van der Waals surface area contributed by atoms with E-state index >= 15 is 0 Å². The molecule has 1 unspecified atom stereocenters. The molecule has 0 aromatic carbocycles. The molecule has 8 nitrogen and oxygen atoms in total. The second-order valence-electron chi connectivity index (χ2n) is 7.24. The first kappa shape index (κ1) is 21.9. The molecular weight excluding hydrogens is 368 g/mol. The van der Waals surface area contributed by atoms with Gasteiger partial charge in [0, 0.05) is 26.2 Å². The molecule has 0 bridgehead atoms. The predicted molar refractivity (Wildman–Crippen MR) is 106 cm³/mol. The van der Waals surface area contributed by atoms with Gasteiger partial charge in [0.25, 0.3) is 0 Å². The average Bonchev–Trinajstić information content (AvgIpc) is 2.60. The molecule has 1 atom stereocenters. The molecule has 1 saturated carbocycles. The molecule has 2 rings (SSSR count). The molecule has 1 saturated heterocycles. The van der Waals surface area contributed by atoms with Crippen LogP contribution >= 0.6 is 0 Å². The minimum atomic E-state index is -3.30. The molecule has 1 aliphatic heterocycles. The Balaban J connectivity index is 1.87. The van der Waals surface area contributed by atoms with Crippen molar-refractivity contribution < 1.29 is 17.9 Å². The van der Waals surface area contributed by atoms with E-state index in [9.17, 15) is 13.2 Å². The summed E-state index contributed by atoms with van der Waals surface area (Å²) < 4.78 is 32.1. The van der Waals surface area contributed by atoms with Gasteiger partial charge in [0.15, 0.2) is 5.96 Å². The minimum absolute atomic E-state index is 0.0240. The van der Waals surface area contributed by atoms with E-state index in [0.29, 0.717) is 38.1 Å². The zero-order valence-corrected chi connectivity index (χ0v) is 17.4. The first-order valence-corrected chi connectivity index (χ1v) is 11.8. The summed E-state index contributed by atoms with van der Waals surface area (Å²) >= 11 is 0. The monoisotopic (exact) mass is 402 g/mol. The van der Waals surface area contributed by atoms with E-state index in [2.05, 4.69) is 15.0 Å². The van der Waals surface area contributed by atoms with Crippen LogP contribution in [0.25, 0.3) is 0 Å². The molecule has 156 valence electrons. The normalized spacial score (nSPS) is 21.6. The van der Waals surface area contributed by atoms with Crippen molar-refractivity contribution in [3.05, 3.63) is 0 Å².